The molecule has 1 N–H and O–H groups in total. The van der Waals surface area contributed by atoms with E-state index in [-0.39, 0.29) is 0 Å². The first-order valence-corrected chi connectivity index (χ1v) is 9.96. The molecule has 1 aromatic heterocycles. The molecule has 1 aliphatic carbocycles. The van der Waals surface area contributed by atoms with Crippen molar-refractivity contribution in [3.63, 3.8) is 0 Å². The maximum atomic E-state index is 4.91. The van der Waals surface area contributed by atoms with E-state index >= 15 is 0 Å². The third-order valence-electron chi connectivity index (χ3n) is 3.63. The quantitative estimate of drug-likeness (QED) is 0.720. The SMILES string of the molecule is CCNC1CCCc2sc(CSc3ccc(Br)cc3)nc21. The second-order valence-electron chi connectivity index (χ2n) is 5.16. The van der Waals surface area contributed by atoms with Gasteiger partial charge in [0.25, 0.3) is 0 Å². The Hall–Kier alpha value is -0.360. The zero-order valence-electron chi connectivity index (χ0n) is 12.1. The number of aryl methyl sites for hydroxylation is 1. The first-order valence-electron chi connectivity index (χ1n) is 7.36. The number of hydrogen-bond acceptors (Lipinski definition) is 4. The summed E-state index contributed by atoms with van der Waals surface area (Å²) in [6.45, 7) is 3.19. The fourth-order valence-electron chi connectivity index (χ4n) is 2.65. The molecule has 0 saturated heterocycles. The van der Waals surface area contributed by atoms with Gasteiger partial charge in [0.1, 0.15) is 5.01 Å². The molecule has 1 aliphatic rings. The van der Waals surface area contributed by atoms with Gasteiger partial charge in [-0.2, -0.15) is 0 Å². The molecule has 1 aromatic carbocycles. The van der Waals surface area contributed by atoms with Crippen LogP contribution in [-0.4, -0.2) is 11.5 Å². The van der Waals surface area contributed by atoms with Crippen LogP contribution >= 0.6 is 39.0 Å². The molecule has 5 heteroatoms. The second-order valence-corrected chi connectivity index (χ2v) is 8.29. The molecule has 0 radical (unpaired) electrons. The number of nitrogens with zero attached hydrogens (tertiary/aromatic N) is 1. The van der Waals surface area contributed by atoms with Crippen LogP contribution in [0, 0.1) is 0 Å². The molecule has 0 aliphatic heterocycles. The van der Waals surface area contributed by atoms with Crippen LogP contribution in [0.3, 0.4) is 0 Å². The Morgan fingerprint density at radius 2 is 2.19 bits per heavy atom. The molecule has 1 atom stereocenters. The summed E-state index contributed by atoms with van der Waals surface area (Å²) >= 11 is 7.25. The third kappa shape index (κ3) is 3.89. The van der Waals surface area contributed by atoms with Crippen molar-refractivity contribution in [3.8, 4) is 0 Å². The number of aromatic nitrogens is 1. The summed E-state index contributed by atoms with van der Waals surface area (Å²) in [6, 6.07) is 8.97. The van der Waals surface area contributed by atoms with Gasteiger partial charge in [-0.3, -0.25) is 0 Å². The van der Waals surface area contributed by atoms with Crippen molar-refractivity contribution < 1.29 is 0 Å². The number of halogens is 1. The van der Waals surface area contributed by atoms with E-state index in [1.807, 2.05) is 23.1 Å². The highest BCUT2D eigenvalue weighted by atomic mass is 79.9. The van der Waals surface area contributed by atoms with Crippen LogP contribution in [-0.2, 0) is 12.2 Å². The molecule has 112 valence electrons. The van der Waals surface area contributed by atoms with Crippen LogP contribution in [0.5, 0.6) is 0 Å². The van der Waals surface area contributed by atoms with Gasteiger partial charge in [-0.25, -0.2) is 4.98 Å². The van der Waals surface area contributed by atoms with E-state index < -0.39 is 0 Å². The minimum Gasteiger partial charge on any atom is -0.309 e. The number of rotatable bonds is 5. The Morgan fingerprint density at radius 1 is 1.38 bits per heavy atom. The molecule has 2 nitrogen and oxygen atoms in total. The van der Waals surface area contributed by atoms with Gasteiger partial charge in [-0.15, -0.1) is 23.1 Å². The van der Waals surface area contributed by atoms with Crippen LogP contribution in [0.4, 0.5) is 0 Å². The Kier molecular flexibility index (Phi) is 5.38. The van der Waals surface area contributed by atoms with Crippen LogP contribution in [0.2, 0.25) is 0 Å². The highest BCUT2D eigenvalue weighted by Gasteiger charge is 2.23. The molecule has 1 unspecified atom stereocenters. The molecule has 0 amide bonds. The van der Waals surface area contributed by atoms with Gasteiger partial charge in [0.2, 0.25) is 0 Å². The fraction of sp³-hybridized carbons (Fsp3) is 0.438. The van der Waals surface area contributed by atoms with E-state index in [0.717, 1.165) is 16.8 Å². The second kappa shape index (κ2) is 7.27. The topological polar surface area (TPSA) is 24.9 Å². The first-order chi connectivity index (χ1) is 10.3. The maximum Gasteiger partial charge on any atom is 0.103 e. The Morgan fingerprint density at radius 3 is 2.95 bits per heavy atom. The number of fused-ring (bicyclic) bond motifs is 1. The van der Waals surface area contributed by atoms with E-state index in [2.05, 4.69) is 52.4 Å². The summed E-state index contributed by atoms with van der Waals surface area (Å²) in [5, 5.41) is 4.83. The van der Waals surface area contributed by atoms with Crippen LogP contribution in [0.15, 0.2) is 33.6 Å². The van der Waals surface area contributed by atoms with Crippen LogP contribution in [0.1, 0.15) is 41.4 Å². The Bertz CT molecular complexity index is 595. The predicted molar refractivity (Wildman–Crippen MR) is 95.2 cm³/mol. The van der Waals surface area contributed by atoms with Gasteiger partial charge in [-0.1, -0.05) is 22.9 Å². The number of hydrogen-bond donors (Lipinski definition) is 1. The van der Waals surface area contributed by atoms with E-state index in [1.54, 1.807) is 0 Å². The van der Waals surface area contributed by atoms with Gasteiger partial charge in [0, 0.05) is 14.2 Å². The molecule has 1 heterocycles. The van der Waals surface area contributed by atoms with E-state index in [9.17, 15) is 0 Å². The maximum absolute atomic E-state index is 4.91. The van der Waals surface area contributed by atoms with Crippen LogP contribution in [0.25, 0.3) is 0 Å². The van der Waals surface area contributed by atoms with Crippen molar-refractivity contribution in [1.29, 1.82) is 0 Å². The van der Waals surface area contributed by atoms with Gasteiger partial charge >= 0.3 is 0 Å². The largest absolute Gasteiger partial charge is 0.309 e. The monoisotopic (exact) mass is 382 g/mol. The van der Waals surface area contributed by atoms with Gasteiger partial charge in [0.15, 0.2) is 0 Å². The number of thioether (sulfide) groups is 1. The molecule has 21 heavy (non-hydrogen) atoms. The summed E-state index contributed by atoms with van der Waals surface area (Å²) in [5.41, 5.74) is 1.32. The predicted octanol–water partition coefficient (Wildman–Crippen LogP) is 5.18. The van der Waals surface area contributed by atoms with Crippen molar-refractivity contribution >= 4 is 39.0 Å². The number of thiazole rings is 1. The highest BCUT2D eigenvalue weighted by molar-refractivity contribution is 9.10. The summed E-state index contributed by atoms with van der Waals surface area (Å²) < 4.78 is 1.13. The lowest BCUT2D eigenvalue weighted by molar-refractivity contribution is 0.465. The fourth-order valence-corrected chi connectivity index (χ4v) is 4.98. The molecule has 0 fully saturated rings. The van der Waals surface area contributed by atoms with Crippen LogP contribution < -0.4 is 5.32 Å². The van der Waals surface area contributed by atoms with E-state index in [0.29, 0.717) is 6.04 Å². The smallest absolute Gasteiger partial charge is 0.103 e. The Labute approximate surface area is 142 Å². The highest BCUT2D eigenvalue weighted by Crippen LogP contribution is 2.35. The van der Waals surface area contributed by atoms with Crippen molar-refractivity contribution in [2.45, 2.75) is 42.9 Å². The Balaban J connectivity index is 1.68. The standard InChI is InChI=1S/C16H19BrN2S2/c1-2-18-13-4-3-5-14-16(13)19-15(21-14)10-20-12-8-6-11(17)7-9-12/h6-9,13,18H,2-5,10H2,1H3. The van der Waals surface area contributed by atoms with Gasteiger partial charge in [-0.05, 0) is 50.1 Å². The van der Waals surface area contributed by atoms with Gasteiger partial charge < -0.3 is 5.32 Å². The molecular formula is C16H19BrN2S2. The lowest BCUT2D eigenvalue weighted by Crippen LogP contribution is -2.24. The summed E-state index contributed by atoms with van der Waals surface area (Å²) in [5.74, 6) is 0.970. The average Bonchev–Trinajstić information content (AvgIpc) is 2.91. The van der Waals surface area contributed by atoms with E-state index in [1.165, 1.54) is 39.7 Å². The molecule has 0 bridgehead atoms. The van der Waals surface area contributed by atoms with Crippen molar-refractivity contribution in [2.24, 2.45) is 0 Å². The average molecular weight is 383 g/mol. The minimum atomic E-state index is 0.474. The molecule has 0 spiro atoms. The summed E-state index contributed by atoms with van der Waals surface area (Å²) in [6.07, 6.45) is 3.72. The lowest BCUT2D eigenvalue weighted by atomic mass is 9.98. The molecule has 2 aromatic rings. The number of benzene rings is 1. The molecular weight excluding hydrogens is 364 g/mol. The number of nitrogens with one attached hydrogen (secondary N) is 1. The zero-order valence-corrected chi connectivity index (χ0v) is 15.3. The molecule has 0 saturated carbocycles. The molecule has 3 rings (SSSR count). The van der Waals surface area contributed by atoms with Crippen molar-refractivity contribution in [1.82, 2.24) is 10.3 Å². The third-order valence-corrected chi connectivity index (χ3v) is 6.49. The summed E-state index contributed by atoms with van der Waals surface area (Å²) in [7, 11) is 0. The normalized spacial score (nSPS) is 17.7. The first kappa shape index (κ1) is 15.5. The van der Waals surface area contributed by atoms with E-state index in [4.69, 9.17) is 4.98 Å². The van der Waals surface area contributed by atoms with Crippen molar-refractivity contribution in [3.05, 3.63) is 44.3 Å². The zero-order chi connectivity index (χ0) is 14.7. The minimum absolute atomic E-state index is 0.474. The van der Waals surface area contributed by atoms with Crippen molar-refractivity contribution in [2.75, 3.05) is 6.54 Å². The summed E-state index contributed by atoms with van der Waals surface area (Å²) in [4.78, 5) is 7.71. The lowest BCUT2D eigenvalue weighted by Gasteiger charge is -2.21. The van der Waals surface area contributed by atoms with Gasteiger partial charge in [0.05, 0.1) is 17.5 Å².